The molecule has 1 saturated heterocycles. The summed E-state index contributed by atoms with van der Waals surface area (Å²) < 4.78 is 19.0. The van der Waals surface area contributed by atoms with Crippen LogP contribution in [-0.2, 0) is 22.6 Å². The summed E-state index contributed by atoms with van der Waals surface area (Å²) in [6, 6.07) is 32.3. The minimum Gasteiger partial charge on any atom is -0.496 e. The van der Waals surface area contributed by atoms with Crippen LogP contribution in [0, 0.1) is 5.92 Å². The van der Waals surface area contributed by atoms with E-state index in [1.54, 1.807) is 18.9 Å². The van der Waals surface area contributed by atoms with Crippen molar-refractivity contribution in [3.05, 3.63) is 119 Å². The highest BCUT2D eigenvalue weighted by molar-refractivity contribution is 7.99. The Morgan fingerprint density at radius 1 is 0.864 bits per heavy atom. The van der Waals surface area contributed by atoms with E-state index in [2.05, 4.69) is 47.9 Å². The van der Waals surface area contributed by atoms with Crippen LogP contribution in [-0.4, -0.2) is 36.6 Å². The molecule has 1 aliphatic heterocycles. The Morgan fingerprint density at radius 2 is 1.61 bits per heavy atom. The van der Waals surface area contributed by atoms with Gasteiger partial charge in [0.15, 0.2) is 6.29 Å². The Morgan fingerprint density at radius 3 is 2.36 bits per heavy atom. The molecule has 4 aromatic rings. The molecule has 1 heterocycles. The third-order valence-electron chi connectivity index (χ3n) is 7.81. The Bertz CT molecular complexity index is 1530. The number of hydrogen-bond donors (Lipinski definition) is 3. The molecule has 0 bridgehead atoms. The molecular formula is C36H40N2O5S. The number of carbonyl (C=O) groups excluding carboxylic acids is 1. The van der Waals surface area contributed by atoms with Crippen molar-refractivity contribution in [1.82, 2.24) is 10.6 Å². The van der Waals surface area contributed by atoms with Crippen molar-refractivity contribution in [3.63, 3.8) is 0 Å². The van der Waals surface area contributed by atoms with Crippen LogP contribution in [0.3, 0.4) is 0 Å². The summed E-state index contributed by atoms with van der Waals surface area (Å²) >= 11 is 1.72. The molecule has 0 aliphatic carbocycles. The van der Waals surface area contributed by atoms with E-state index in [1.165, 1.54) is 0 Å². The second-order valence-electron chi connectivity index (χ2n) is 10.8. The molecule has 0 radical (unpaired) electrons. The van der Waals surface area contributed by atoms with E-state index < -0.39 is 6.29 Å². The molecule has 230 valence electrons. The van der Waals surface area contributed by atoms with E-state index in [4.69, 9.17) is 14.2 Å². The Hall–Kier alpha value is -3.82. The zero-order valence-electron chi connectivity index (χ0n) is 25.4. The second kappa shape index (κ2) is 15.3. The van der Waals surface area contributed by atoms with Crippen molar-refractivity contribution in [1.29, 1.82) is 0 Å². The van der Waals surface area contributed by atoms with Gasteiger partial charge in [0.1, 0.15) is 5.75 Å². The fraction of sp³-hybridized carbons (Fsp3) is 0.306. The quantitative estimate of drug-likeness (QED) is 0.155. The van der Waals surface area contributed by atoms with Crippen LogP contribution in [0.2, 0.25) is 0 Å². The maximum atomic E-state index is 11.9. The molecule has 7 nitrogen and oxygen atoms in total. The fourth-order valence-electron chi connectivity index (χ4n) is 5.35. The lowest BCUT2D eigenvalue weighted by atomic mass is 9.91. The molecule has 2 amide bonds. The molecule has 8 heteroatoms. The molecule has 5 rings (SSSR count). The molecule has 0 saturated carbocycles. The minimum atomic E-state index is -0.570. The van der Waals surface area contributed by atoms with Crippen LogP contribution in [0.25, 0.3) is 11.1 Å². The molecule has 0 spiro atoms. The van der Waals surface area contributed by atoms with Crippen LogP contribution >= 0.6 is 11.8 Å². The van der Waals surface area contributed by atoms with Crippen LogP contribution < -0.4 is 15.4 Å². The minimum absolute atomic E-state index is 0.00125. The average molecular weight is 613 g/mol. The molecule has 0 unspecified atom stereocenters. The number of methoxy groups -OCH3 is 1. The third kappa shape index (κ3) is 7.81. The molecule has 0 aromatic heterocycles. The first-order valence-corrected chi connectivity index (χ1v) is 15.9. The first-order valence-electron chi connectivity index (χ1n) is 15.0. The molecule has 4 atom stereocenters. The van der Waals surface area contributed by atoms with Gasteiger partial charge in [-0.05, 0) is 59.0 Å². The molecule has 1 aliphatic rings. The summed E-state index contributed by atoms with van der Waals surface area (Å²) in [4.78, 5) is 13.0. The highest BCUT2D eigenvalue weighted by atomic mass is 32.2. The zero-order chi connectivity index (χ0) is 30.9. The highest BCUT2D eigenvalue weighted by Gasteiger charge is 2.38. The Balaban J connectivity index is 1.39. The number of urea groups is 1. The van der Waals surface area contributed by atoms with Gasteiger partial charge in [-0.15, -0.1) is 11.8 Å². The van der Waals surface area contributed by atoms with Gasteiger partial charge < -0.3 is 30.0 Å². The summed E-state index contributed by atoms with van der Waals surface area (Å²) in [7, 11) is 1.69. The number of aliphatic hydroxyl groups is 1. The number of ether oxygens (including phenoxy) is 3. The van der Waals surface area contributed by atoms with Crippen LogP contribution in [0.1, 0.15) is 48.5 Å². The largest absolute Gasteiger partial charge is 0.496 e. The number of nitrogens with one attached hydrogen (secondary N) is 2. The third-order valence-corrected chi connectivity index (χ3v) is 8.95. The van der Waals surface area contributed by atoms with Crippen LogP contribution in [0.15, 0.2) is 102 Å². The van der Waals surface area contributed by atoms with Crippen molar-refractivity contribution < 1.29 is 24.1 Å². The van der Waals surface area contributed by atoms with Crippen molar-refractivity contribution in [2.75, 3.05) is 19.4 Å². The second-order valence-corrected chi connectivity index (χ2v) is 11.9. The van der Waals surface area contributed by atoms with Crippen molar-refractivity contribution in [2.45, 2.75) is 50.4 Å². The molecule has 4 aromatic carbocycles. The molecule has 3 N–H and O–H groups in total. The Labute approximate surface area is 263 Å². The molecular weight excluding hydrogens is 572 g/mol. The molecule has 44 heavy (non-hydrogen) atoms. The van der Waals surface area contributed by atoms with E-state index in [0.717, 1.165) is 49.8 Å². The number of amides is 2. The summed E-state index contributed by atoms with van der Waals surface area (Å²) in [5, 5.41) is 15.2. The SMILES string of the molecule is CCNC(=O)NCc1cccc(-c2cccc([C@H]3O[C@@H](CSc4ccccc4OC)[C@@H](C)[C@@H](c4ccc(CO)cc4)O3)c2)c1. The highest BCUT2D eigenvalue weighted by Crippen LogP contribution is 2.44. The predicted octanol–water partition coefficient (Wildman–Crippen LogP) is 7.26. The maximum Gasteiger partial charge on any atom is 0.315 e. The lowest BCUT2D eigenvalue weighted by Crippen LogP contribution is -2.38. The average Bonchev–Trinajstić information content (AvgIpc) is 3.07. The number of thioether (sulfide) groups is 1. The van der Waals surface area contributed by atoms with E-state index in [0.29, 0.717) is 13.1 Å². The lowest BCUT2D eigenvalue weighted by molar-refractivity contribution is -0.268. The zero-order valence-corrected chi connectivity index (χ0v) is 26.2. The number of aliphatic hydroxyl groups excluding tert-OH is 1. The van der Waals surface area contributed by atoms with Gasteiger partial charge in [0.05, 0.1) is 25.9 Å². The van der Waals surface area contributed by atoms with Gasteiger partial charge in [0.2, 0.25) is 0 Å². The van der Waals surface area contributed by atoms with Crippen molar-refractivity contribution in [2.24, 2.45) is 5.92 Å². The van der Waals surface area contributed by atoms with Gasteiger partial charge in [0.25, 0.3) is 0 Å². The summed E-state index contributed by atoms with van der Waals surface area (Å²) in [6.45, 7) is 5.09. The topological polar surface area (TPSA) is 89.1 Å². The first-order chi connectivity index (χ1) is 21.5. The predicted molar refractivity (Wildman–Crippen MR) is 174 cm³/mol. The molecule has 1 fully saturated rings. The van der Waals surface area contributed by atoms with Gasteiger partial charge in [0, 0.05) is 35.2 Å². The fourth-order valence-corrected chi connectivity index (χ4v) is 6.55. The van der Waals surface area contributed by atoms with Gasteiger partial charge in [-0.2, -0.15) is 0 Å². The van der Waals surface area contributed by atoms with E-state index in [9.17, 15) is 9.90 Å². The van der Waals surface area contributed by atoms with E-state index in [1.807, 2.05) is 73.7 Å². The van der Waals surface area contributed by atoms with E-state index >= 15 is 0 Å². The van der Waals surface area contributed by atoms with Gasteiger partial charge in [-0.3, -0.25) is 0 Å². The van der Waals surface area contributed by atoms with Crippen LogP contribution in [0.5, 0.6) is 5.75 Å². The number of hydrogen-bond acceptors (Lipinski definition) is 6. The summed E-state index contributed by atoms with van der Waals surface area (Å²) in [6.07, 6.45) is -0.866. The smallest absolute Gasteiger partial charge is 0.315 e. The van der Waals surface area contributed by atoms with Crippen LogP contribution in [0.4, 0.5) is 4.79 Å². The normalized spacial score (nSPS) is 19.7. The first kappa shape index (κ1) is 31.6. The maximum absolute atomic E-state index is 11.9. The summed E-state index contributed by atoms with van der Waals surface area (Å²) in [5.74, 6) is 1.65. The van der Waals surface area contributed by atoms with Gasteiger partial charge in [-0.25, -0.2) is 4.79 Å². The monoisotopic (exact) mass is 612 g/mol. The van der Waals surface area contributed by atoms with Gasteiger partial charge in [-0.1, -0.05) is 79.7 Å². The van der Waals surface area contributed by atoms with Gasteiger partial charge >= 0.3 is 6.03 Å². The van der Waals surface area contributed by atoms with E-state index in [-0.39, 0.29) is 30.8 Å². The number of rotatable bonds is 11. The summed E-state index contributed by atoms with van der Waals surface area (Å²) in [5.41, 5.74) is 5.95. The Kier molecular flexibility index (Phi) is 11.0. The standard InChI is InChI=1S/C36H40N2O5S/c1-4-37-36(40)38-21-26-9-7-10-28(19-26)29-11-8-12-30(20-29)35-42-32(23-44-33-14-6-5-13-31(33)41-3)24(2)34(43-35)27-17-15-25(22-39)16-18-27/h5-20,24,32,34-35,39H,4,21-23H2,1-3H3,(H2,37,38,40)/t24-,32+,34+,35+/m1/s1. The number of para-hydroxylation sites is 1. The van der Waals surface area contributed by atoms with Crippen molar-refractivity contribution in [3.8, 4) is 16.9 Å². The van der Waals surface area contributed by atoms with Crippen molar-refractivity contribution >= 4 is 17.8 Å². The lowest BCUT2D eigenvalue weighted by Gasteiger charge is -2.41. The number of benzene rings is 4. The number of carbonyl (C=O) groups is 1.